The smallest absolute Gasteiger partial charge is 0.312 e. The number of methoxy groups -OCH3 is 1. The molecule has 3 aromatic rings. The molecule has 0 fully saturated rings. The number of hydrogen-bond acceptors (Lipinski definition) is 6. The van der Waals surface area contributed by atoms with Gasteiger partial charge in [-0.1, -0.05) is 52.3 Å². The number of amides is 2. The van der Waals surface area contributed by atoms with E-state index in [1.54, 1.807) is 31.4 Å². The number of hydrogen-bond donors (Lipinski definition) is 0. The van der Waals surface area contributed by atoms with Gasteiger partial charge in [-0.25, -0.2) is 0 Å². The Morgan fingerprint density at radius 2 is 1.44 bits per heavy atom. The first kappa shape index (κ1) is 30.5. The van der Waals surface area contributed by atoms with E-state index < -0.39 is 23.6 Å². The van der Waals surface area contributed by atoms with E-state index in [0.717, 1.165) is 21.3 Å². The molecule has 2 atom stereocenters. The molecule has 41 heavy (non-hydrogen) atoms. The Balaban J connectivity index is 1.57. The Morgan fingerprint density at radius 1 is 0.854 bits per heavy atom. The maximum absolute atomic E-state index is 13.6. The minimum Gasteiger partial charge on any atom is -0.497 e. The fourth-order valence-corrected chi connectivity index (χ4v) is 5.09. The predicted octanol–water partition coefficient (Wildman–Crippen LogP) is 6.62. The van der Waals surface area contributed by atoms with Crippen LogP contribution in [0.2, 0.25) is 0 Å². The fourth-order valence-electron chi connectivity index (χ4n) is 4.83. The molecule has 0 N–H and O–H groups in total. The first-order valence-corrected chi connectivity index (χ1v) is 14.5. The monoisotopic (exact) mass is 621 g/mol. The molecule has 3 aromatic carbocycles. The molecule has 0 aliphatic carbocycles. The van der Waals surface area contributed by atoms with Crippen molar-refractivity contribution in [1.29, 1.82) is 0 Å². The van der Waals surface area contributed by atoms with Gasteiger partial charge in [0.05, 0.1) is 36.9 Å². The summed E-state index contributed by atoms with van der Waals surface area (Å²) in [6.45, 7) is 5.82. The molecular formula is C33H36BrNO6. The van der Waals surface area contributed by atoms with Crippen molar-refractivity contribution in [1.82, 2.24) is 4.90 Å². The van der Waals surface area contributed by atoms with Gasteiger partial charge >= 0.3 is 5.97 Å². The molecule has 2 amide bonds. The minimum atomic E-state index is -0.711. The molecule has 0 spiro atoms. The number of carbonyl (C=O) groups is 3. The zero-order chi connectivity index (χ0) is 29.6. The van der Waals surface area contributed by atoms with Gasteiger partial charge in [0.25, 0.3) is 11.8 Å². The molecule has 1 heterocycles. The Morgan fingerprint density at radius 3 is 2.00 bits per heavy atom. The molecule has 216 valence electrons. The summed E-state index contributed by atoms with van der Waals surface area (Å²) in [7, 11) is 1.61. The predicted molar refractivity (Wildman–Crippen MR) is 160 cm³/mol. The van der Waals surface area contributed by atoms with Crippen LogP contribution in [0, 0.1) is 5.92 Å². The number of carbonyl (C=O) groups excluding carboxylic acids is 3. The van der Waals surface area contributed by atoms with Crippen LogP contribution in [0.1, 0.15) is 65.5 Å². The summed E-state index contributed by atoms with van der Waals surface area (Å²) in [5.41, 5.74) is 2.09. The van der Waals surface area contributed by atoms with Gasteiger partial charge in [-0.05, 0) is 87.6 Å². The van der Waals surface area contributed by atoms with Gasteiger partial charge in [0.2, 0.25) is 0 Å². The normalized spacial score (nSPS) is 14.5. The van der Waals surface area contributed by atoms with Crippen molar-refractivity contribution in [2.75, 3.05) is 13.7 Å². The van der Waals surface area contributed by atoms with Crippen molar-refractivity contribution in [3.8, 4) is 5.75 Å². The summed E-state index contributed by atoms with van der Waals surface area (Å²) < 4.78 is 18.5. The third kappa shape index (κ3) is 8.05. The van der Waals surface area contributed by atoms with Crippen LogP contribution in [0.15, 0.2) is 77.3 Å². The molecule has 0 saturated carbocycles. The van der Waals surface area contributed by atoms with E-state index in [9.17, 15) is 14.4 Å². The number of esters is 1. The second kappa shape index (κ2) is 13.4. The van der Waals surface area contributed by atoms with Gasteiger partial charge in [-0.2, -0.15) is 0 Å². The van der Waals surface area contributed by atoms with Gasteiger partial charge in [0.1, 0.15) is 11.4 Å². The molecule has 1 aliphatic rings. The number of fused-ring (bicyclic) bond motifs is 1. The third-order valence-electron chi connectivity index (χ3n) is 6.95. The van der Waals surface area contributed by atoms with Gasteiger partial charge in [-0.15, -0.1) is 0 Å². The lowest BCUT2D eigenvalue weighted by atomic mass is 9.92. The first-order valence-electron chi connectivity index (χ1n) is 13.7. The highest BCUT2D eigenvalue weighted by atomic mass is 79.9. The molecule has 2 unspecified atom stereocenters. The molecule has 0 bridgehead atoms. The third-order valence-corrected chi connectivity index (χ3v) is 7.48. The standard InChI is InChI=1S/C33H36BrNO6/c1-33(2,3)41-32(38)28(19-20-35-30(36)26-7-5-6-8-27(26)31(35)37)29(18-13-22-9-14-24(34)15-10-22)40-21-23-11-16-25(39-4)17-12-23/h5-12,14-17,28-29H,13,18-21H2,1-4H3. The van der Waals surface area contributed by atoms with E-state index in [2.05, 4.69) is 15.9 Å². The van der Waals surface area contributed by atoms with E-state index in [1.165, 1.54) is 4.90 Å². The van der Waals surface area contributed by atoms with E-state index >= 15 is 0 Å². The lowest BCUT2D eigenvalue weighted by molar-refractivity contribution is -0.167. The Kier molecular flexibility index (Phi) is 9.99. The van der Waals surface area contributed by atoms with Gasteiger partial charge in [0, 0.05) is 11.0 Å². The molecule has 1 aliphatic heterocycles. The Hall–Kier alpha value is -3.49. The van der Waals surface area contributed by atoms with Crippen molar-refractivity contribution in [3.05, 3.63) is 99.5 Å². The molecular weight excluding hydrogens is 586 g/mol. The van der Waals surface area contributed by atoms with Crippen molar-refractivity contribution >= 4 is 33.7 Å². The number of halogens is 1. The SMILES string of the molecule is COc1ccc(COC(CCc2ccc(Br)cc2)C(CCN2C(=O)c3ccccc3C2=O)C(=O)OC(C)(C)C)cc1. The van der Waals surface area contributed by atoms with Crippen LogP contribution in [0.4, 0.5) is 0 Å². The summed E-state index contributed by atoms with van der Waals surface area (Å²) in [6, 6.07) is 22.4. The molecule has 0 radical (unpaired) electrons. The van der Waals surface area contributed by atoms with Gasteiger partial charge < -0.3 is 14.2 Å². The average Bonchev–Trinajstić information content (AvgIpc) is 3.19. The number of aryl methyl sites for hydroxylation is 1. The molecule has 4 rings (SSSR count). The maximum atomic E-state index is 13.6. The second-order valence-corrected chi connectivity index (χ2v) is 12.0. The number of rotatable bonds is 12. The van der Waals surface area contributed by atoms with Crippen LogP contribution in [0.5, 0.6) is 5.75 Å². The quantitative estimate of drug-likeness (QED) is 0.167. The fraction of sp³-hybridized carbons (Fsp3) is 0.364. The van der Waals surface area contributed by atoms with E-state index in [-0.39, 0.29) is 31.4 Å². The number of imide groups is 1. The zero-order valence-electron chi connectivity index (χ0n) is 23.9. The highest BCUT2D eigenvalue weighted by molar-refractivity contribution is 9.10. The van der Waals surface area contributed by atoms with E-state index in [0.29, 0.717) is 24.0 Å². The topological polar surface area (TPSA) is 82.1 Å². The first-order chi connectivity index (χ1) is 19.6. The van der Waals surface area contributed by atoms with Crippen LogP contribution < -0.4 is 4.74 Å². The summed E-state index contributed by atoms with van der Waals surface area (Å²) in [5, 5.41) is 0. The van der Waals surface area contributed by atoms with Crippen LogP contribution in [0.3, 0.4) is 0 Å². The zero-order valence-corrected chi connectivity index (χ0v) is 25.5. The van der Waals surface area contributed by atoms with Crippen LogP contribution >= 0.6 is 15.9 Å². The summed E-state index contributed by atoms with van der Waals surface area (Å²) in [5.74, 6) is -1.07. The van der Waals surface area contributed by atoms with Crippen molar-refractivity contribution in [2.24, 2.45) is 5.92 Å². The summed E-state index contributed by atoms with van der Waals surface area (Å²) in [4.78, 5) is 40.9. The number of nitrogens with zero attached hydrogens (tertiary/aromatic N) is 1. The van der Waals surface area contributed by atoms with Crippen molar-refractivity contribution in [2.45, 2.75) is 58.3 Å². The molecule has 7 nitrogen and oxygen atoms in total. The lowest BCUT2D eigenvalue weighted by Crippen LogP contribution is -2.40. The van der Waals surface area contributed by atoms with Crippen LogP contribution in [-0.2, 0) is 27.3 Å². The maximum Gasteiger partial charge on any atom is 0.312 e. The second-order valence-electron chi connectivity index (χ2n) is 11.1. The summed E-state index contributed by atoms with van der Waals surface area (Å²) in [6.07, 6.45) is 0.913. The molecule has 0 saturated heterocycles. The number of benzene rings is 3. The van der Waals surface area contributed by atoms with E-state index in [4.69, 9.17) is 14.2 Å². The average molecular weight is 623 g/mol. The van der Waals surface area contributed by atoms with Crippen molar-refractivity contribution in [3.63, 3.8) is 0 Å². The van der Waals surface area contributed by atoms with Crippen LogP contribution in [-0.4, -0.2) is 48.0 Å². The Bertz CT molecular complexity index is 1330. The number of ether oxygens (including phenoxy) is 3. The highest BCUT2D eigenvalue weighted by Crippen LogP contribution is 2.28. The molecule has 0 aromatic heterocycles. The van der Waals surface area contributed by atoms with Gasteiger partial charge in [0.15, 0.2) is 0 Å². The molecule has 8 heteroatoms. The highest BCUT2D eigenvalue weighted by Gasteiger charge is 2.38. The van der Waals surface area contributed by atoms with Crippen molar-refractivity contribution < 1.29 is 28.6 Å². The Labute approximate surface area is 249 Å². The van der Waals surface area contributed by atoms with Gasteiger partial charge in [-0.3, -0.25) is 19.3 Å². The largest absolute Gasteiger partial charge is 0.497 e. The summed E-state index contributed by atoms with van der Waals surface area (Å²) >= 11 is 3.48. The minimum absolute atomic E-state index is 0.0803. The lowest BCUT2D eigenvalue weighted by Gasteiger charge is -2.30. The van der Waals surface area contributed by atoms with Crippen LogP contribution in [0.25, 0.3) is 0 Å². The van der Waals surface area contributed by atoms with E-state index in [1.807, 2.05) is 69.3 Å².